The second-order valence-corrected chi connectivity index (χ2v) is 5.50. The number of nitrogen functional groups attached to an aromatic ring is 1. The number of carbonyl (C=O) groups is 1. The van der Waals surface area contributed by atoms with Gasteiger partial charge >= 0.3 is 0 Å². The Morgan fingerprint density at radius 3 is 2.67 bits per heavy atom. The monoisotopic (exact) mass is 348 g/mol. The van der Waals surface area contributed by atoms with Gasteiger partial charge in [0, 0.05) is 18.7 Å². The normalized spacial score (nSPS) is 9.88. The molecule has 3 N–H and O–H groups in total. The second-order valence-electron chi connectivity index (χ2n) is 5.50. The Labute approximate surface area is 149 Å². The molecule has 0 aliphatic rings. The molecule has 0 atom stereocenters. The maximum atomic E-state index is 11.9. The van der Waals surface area contributed by atoms with E-state index in [-0.39, 0.29) is 18.3 Å². The van der Waals surface area contributed by atoms with E-state index in [2.05, 4.69) is 11.4 Å². The van der Waals surface area contributed by atoms with Gasteiger partial charge in [-0.3, -0.25) is 4.79 Å². The molecule has 130 valence electrons. The van der Waals surface area contributed by atoms with Crippen molar-refractivity contribution in [2.24, 2.45) is 0 Å². The van der Waals surface area contributed by atoms with Crippen molar-refractivity contribution >= 4 is 24.0 Å². The average molecular weight is 349 g/mol. The van der Waals surface area contributed by atoms with E-state index in [1.165, 1.54) is 5.56 Å². The molecule has 2 aromatic rings. The number of nitrogens with two attached hydrogens (primary N) is 1. The lowest BCUT2D eigenvalue weighted by Crippen LogP contribution is -2.25. The van der Waals surface area contributed by atoms with Crippen molar-refractivity contribution in [1.29, 1.82) is 0 Å². The molecule has 2 rings (SSSR count). The first-order valence-corrected chi connectivity index (χ1v) is 7.92. The van der Waals surface area contributed by atoms with E-state index in [1.54, 1.807) is 7.11 Å². The Hall–Kier alpha value is -2.20. The maximum absolute atomic E-state index is 11.9. The molecule has 0 aliphatic carbocycles. The third-order valence-corrected chi connectivity index (χ3v) is 3.78. The minimum atomic E-state index is 0. The van der Waals surface area contributed by atoms with E-state index < -0.39 is 0 Å². The molecule has 0 bridgehead atoms. The first-order chi connectivity index (χ1) is 11.2. The van der Waals surface area contributed by atoms with Crippen molar-refractivity contribution < 1.29 is 9.53 Å². The number of benzene rings is 2. The second kappa shape index (κ2) is 10.6. The van der Waals surface area contributed by atoms with Gasteiger partial charge in [0.1, 0.15) is 5.75 Å². The van der Waals surface area contributed by atoms with Crippen LogP contribution in [0.5, 0.6) is 5.75 Å². The summed E-state index contributed by atoms with van der Waals surface area (Å²) in [5, 5.41) is 2.96. The van der Waals surface area contributed by atoms with E-state index in [9.17, 15) is 4.79 Å². The summed E-state index contributed by atoms with van der Waals surface area (Å²) in [6.45, 7) is 0.681. The number of para-hydroxylation sites is 1. The number of hydrogen-bond acceptors (Lipinski definition) is 3. The van der Waals surface area contributed by atoms with Gasteiger partial charge in [-0.15, -0.1) is 12.4 Å². The van der Waals surface area contributed by atoms with Crippen LogP contribution in [0, 0.1) is 0 Å². The van der Waals surface area contributed by atoms with Crippen LogP contribution >= 0.6 is 12.4 Å². The summed E-state index contributed by atoms with van der Waals surface area (Å²) in [7, 11) is 1.67. The van der Waals surface area contributed by atoms with E-state index in [4.69, 9.17) is 10.5 Å². The number of halogens is 1. The minimum absolute atomic E-state index is 0. The van der Waals surface area contributed by atoms with Gasteiger partial charge in [-0.25, -0.2) is 0 Å². The van der Waals surface area contributed by atoms with Gasteiger partial charge in [0.15, 0.2) is 0 Å². The molecular formula is C19H25ClN2O2. The highest BCUT2D eigenvalue weighted by atomic mass is 35.5. The first-order valence-electron chi connectivity index (χ1n) is 7.92. The van der Waals surface area contributed by atoms with Gasteiger partial charge in [0.05, 0.1) is 7.11 Å². The number of carbonyl (C=O) groups excluding carboxylic acids is 1. The van der Waals surface area contributed by atoms with Crippen molar-refractivity contribution in [2.75, 3.05) is 19.4 Å². The summed E-state index contributed by atoms with van der Waals surface area (Å²) in [5.41, 5.74) is 8.87. The molecule has 1 amide bonds. The molecule has 0 aliphatic heterocycles. The number of anilines is 1. The van der Waals surface area contributed by atoms with E-state index in [0.29, 0.717) is 19.4 Å². The predicted molar refractivity (Wildman–Crippen MR) is 101 cm³/mol. The van der Waals surface area contributed by atoms with Crippen LogP contribution in [0.2, 0.25) is 0 Å². The zero-order valence-electron chi connectivity index (χ0n) is 14.0. The van der Waals surface area contributed by atoms with Gasteiger partial charge in [0.25, 0.3) is 0 Å². The number of methoxy groups -OCH3 is 1. The summed E-state index contributed by atoms with van der Waals surface area (Å²) >= 11 is 0. The molecule has 2 aromatic carbocycles. The van der Waals surface area contributed by atoms with E-state index in [1.807, 2.05) is 42.5 Å². The largest absolute Gasteiger partial charge is 0.497 e. The Morgan fingerprint density at radius 1 is 1.12 bits per heavy atom. The molecule has 0 radical (unpaired) electrons. The minimum Gasteiger partial charge on any atom is -0.497 e. The standard InChI is InChI=1S/C19H24N2O2.ClH/c1-23-17-9-4-6-15(14-17)7-5-13-21-19(22)12-11-16-8-2-3-10-18(16)20;/h2-4,6,8-10,14H,5,7,11-13,20H2,1H3,(H,21,22);1H. The molecular weight excluding hydrogens is 324 g/mol. The number of aryl methyl sites for hydroxylation is 2. The topological polar surface area (TPSA) is 64.3 Å². The summed E-state index contributed by atoms with van der Waals surface area (Å²) < 4.78 is 5.20. The van der Waals surface area contributed by atoms with Crippen molar-refractivity contribution in [3.8, 4) is 5.75 Å². The van der Waals surface area contributed by atoms with E-state index >= 15 is 0 Å². The molecule has 24 heavy (non-hydrogen) atoms. The van der Waals surface area contributed by atoms with Gasteiger partial charge in [-0.05, 0) is 48.6 Å². The van der Waals surface area contributed by atoms with Gasteiger partial charge in [-0.1, -0.05) is 30.3 Å². The third-order valence-electron chi connectivity index (χ3n) is 3.78. The molecule has 0 aromatic heterocycles. The maximum Gasteiger partial charge on any atom is 0.220 e. The average Bonchev–Trinajstić information content (AvgIpc) is 2.58. The zero-order valence-corrected chi connectivity index (χ0v) is 14.8. The van der Waals surface area contributed by atoms with Gasteiger partial charge < -0.3 is 15.8 Å². The van der Waals surface area contributed by atoms with Crippen LogP contribution in [-0.4, -0.2) is 19.6 Å². The van der Waals surface area contributed by atoms with Crippen LogP contribution in [0.4, 0.5) is 5.69 Å². The quantitative estimate of drug-likeness (QED) is 0.567. The lowest BCUT2D eigenvalue weighted by atomic mass is 10.1. The van der Waals surface area contributed by atoms with Crippen LogP contribution in [0.1, 0.15) is 24.0 Å². The van der Waals surface area contributed by atoms with Crippen molar-refractivity contribution in [3.05, 3.63) is 59.7 Å². The molecule has 5 heteroatoms. The van der Waals surface area contributed by atoms with Crippen molar-refractivity contribution in [3.63, 3.8) is 0 Å². The van der Waals surface area contributed by atoms with Crippen LogP contribution in [0.15, 0.2) is 48.5 Å². The van der Waals surface area contributed by atoms with Crippen LogP contribution < -0.4 is 15.8 Å². The van der Waals surface area contributed by atoms with Crippen LogP contribution in [0.25, 0.3) is 0 Å². The van der Waals surface area contributed by atoms with Crippen molar-refractivity contribution in [1.82, 2.24) is 5.32 Å². The molecule has 0 heterocycles. The SMILES string of the molecule is COc1cccc(CCCNC(=O)CCc2ccccc2N)c1.Cl. The number of ether oxygens (including phenoxy) is 1. The fourth-order valence-electron chi connectivity index (χ4n) is 2.45. The Kier molecular flexibility index (Phi) is 8.72. The zero-order chi connectivity index (χ0) is 16.5. The summed E-state index contributed by atoms with van der Waals surface area (Å²) in [4.78, 5) is 11.9. The summed E-state index contributed by atoms with van der Waals surface area (Å²) in [6.07, 6.45) is 2.97. The van der Waals surface area contributed by atoms with Crippen LogP contribution in [-0.2, 0) is 17.6 Å². The molecule has 4 nitrogen and oxygen atoms in total. The lowest BCUT2D eigenvalue weighted by Gasteiger charge is -2.07. The number of rotatable bonds is 8. The molecule has 0 saturated carbocycles. The fourth-order valence-corrected chi connectivity index (χ4v) is 2.45. The molecule has 0 fully saturated rings. The Bertz CT molecular complexity index is 647. The van der Waals surface area contributed by atoms with Gasteiger partial charge in [-0.2, -0.15) is 0 Å². The Balaban J connectivity index is 0.00000288. The Morgan fingerprint density at radius 2 is 1.92 bits per heavy atom. The highest BCUT2D eigenvalue weighted by molar-refractivity contribution is 5.85. The summed E-state index contributed by atoms with van der Waals surface area (Å²) in [5.74, 6) is 0.936. The molecule has 0 spiro atoms. The van der Waals surface area contributed by atoms with Gasteiger partial charge in [0.2, 0.25) is 5.91 Å². The highest BCUT2D eigenvalue weighted by Crippen LogP contribution is 2.14. The third kappa shape index (κ3) is 6.50. The first kappa shape index (κ1) is 19.8. The number of amides is 1. The van der Waals surface area contributed by atoms with Crippen LogP contribution in [0.3, 0.4) is 0 Å². The fraction of sp³-hybridized carbons (Fsp3) is 0.316. The van der Waals surface area contributed by atoms with E-state index in [0.717, 1.165) is 29.8 Å². The lowest BCUT2D eigenvalue weighted by molar-refractivity contribution is -0.121. The summed E-state index contributed by atoms with van der Waals surface area (Å²) in [6, 6.07) is 15.7. The molecule has 0 saturated heterocycles. The van der Waals surface area contributed by atoms with Crippen molar-refractivity contribution in [2.45, 2.75) is 25.7 Å². The smallest absolute Gasteiger partial charge is 0.220 e. The number of hydrogen-bond donors (Lipinski definition) is 2. The number of nitrogens with one attached hydrogen (secondary N) is 1. The molecule has 0 unspecified atom stereocenters. The highest BCUT2D eigenvalue weighted by Gasteiger charge is 2.04. The predicted octanol–water partition coefficient (Wildman–Crippen LogP) is 3.38.